The maximum absolute atomic E-state index is 11.3. The summed E-state index contributed by atoms with van der Waals surface area (Å²) in [4.78, 5) is 16.0. The van der Waals surface area contributed by atoms with Crippen LogP contribution in [0.15, 0.2) is 30.3 Å². The second-order valence-electron chi connectivity index (χ2n) is 6.95. The molecule has 6 nitrogen and oxygen atoms in total. The predicted octanol–water partition coefficient (Wildman–Crippen LogP) is 2.61. The van der Waals surface area contributed by atoms with Crippen molar-refractivity contribution < 1.29 is 4.79 Å². The zero-order chi connectivity index (χ0) is 17.6. The molecule has 0 saturated heterocycles. The van der Waals surface area contributed by atoms with E-state index in [1.165, 1.54) is 0 Å². The van der Waals surface area contributed by atoms with E-state index in [1.54, 1.807) is 16.8 Å². The molecule has 0 aliphatic carbocycles. The molecule has 1 aromatic carbocycles. The first kappa shape index (κ1) is 16.0. The van der Waals surface area contributed by atoms with Gasteiger partial charge in [-0.05, 0) is 29.3 Å². The number of primary amides is 1. The maximum Gasteiger partial charge on any atom is 0.248 e. The van der Waals surface area contributed by atoms with Crippen LogP contribution in [-0.2, 0) is 12.5 Å². The molecule has 2 heterocycles. The van der Waals surface area contributed by atoms with E-state index in [1.807, 2.05) is 25.2 Å². The SMILES string of the molecule is Cn1nc(N)c2c(-c3ccc(C(N)=O)cc3)cc(C(C)(C)C)nc21. The van der Waals surface area contributed by atoms with Gasteiger partial charge in [-0.25, -0.2) is 9.67 Å². The van der Waals surface area contributed by atoms with Gasteiger partial charge in [0, 0.05) is 23.7 Å². The zero-order valence-electron chi connectivity index (χ0n) is 14.3. The fraction of sp³-hybridized carbons (Fsp3) is 0.278. The first-order valence-corrected chi connectivity index (χ1v) is 7.72. The van der Waals surface area contributed by atoms with E-state index >= 15 is 0 Å². The Kier molecular flexibility index (Phi) is 3.55. The van der Waals surface area contributed by atoms with Crippen LogP contribution in [0.5, 0.6) is 0 Å². The van der Waals surface area contributed by atoms with Crippen molar-refractivity contribution >= 4 is 22.8 Å². The lowest BCUT2D eigenvalue weighted by atomic mass is 9.89. The van der Waals surface area contributed by atoms with E-state index < -0.39 is 5.91 Å². The summed E-state index contributed by atoms with van der Waals surface area (Å²) in [7, 11) is 1.83. The lowest BCUT2D eigenvalue weighted by Gasteiger charge is -2.19. The summed E-state index contributed by atoms with van der Waals surface area (Å²) < 4.78 is 1.70. The number of aryl methyl sites for hydroxylation is 1. The number of nitrogen functional groups attached to an aromatic ring is 1. The van der Waals surface area contributed by atoms with Crippen LogP contribution >= 0.6 is 0 Å². The van der Waals surface area contributed by atoms with Gasteiger partial charge < -0.3 is 11.5 Å². The Balaban J connectivity index is 2.31. The predicted molar refractivity (Wildman–Crippen MR) is 95.6 cm³/mol. The Morgan fingerprint density at radius 1 is 1.17 bits per heavy atom. The Bertz CT molecular complexity index is 933. The van der Waals surface area contributed by atoms with Crippen LogP contribution in [0, 0.1) is 0 Å². The van der Waals surface area contributed by atoms with Gasteiger partial charge in [-0.15, -0.1) is 0 Å². The summed E-state index contributed by atoms with van der Waals surface area (Å²) in [5.41, 5.74) is 15.4. The average molecular weight is 323 g/mol. The van der Waals surface area contributed by atoms with E-state index in [9.17, 15) is 4.79 Å². The molecule has 124 valence electrons. The molecule has 0 aliphatic heterocycles. The van der Waals surface area contributed by atoms with Crippen molar-refractivity contribution in [1.82, 2.24) is 14.8 Å². The first-order valence-electron chi connectivity index (χ1n) is 7.72. The molecule has 0 fully saturated rings. The fourth-order valence-electron chi connectivity index (χ4n) is 2.70. The van der Waals surface area contributed by atoms with Crippen LogP contribution in [0.2, 0.25) is 0 Å². The molecule has 3 rings (SSSR count). The first-order chi connectivity index (χ1) is 11.2. The molecule has 1 amide bonds. The molecule has 0 saturated carbocycles. The number of pyridine rings is 1. The number of aromatic nitrogens is 3. The third kappa shape index (κ3) is 2.60. The zero-order valence-corrected chi connectivity index (χ0v) is 14.3. The number of amides is 1. The summed E-state index contributed by atoms with van der Waals surface area (Å²) in [6, 6.07) is 9.21. The number of hydrogen-bond donors (Lipinski definition) is 2. The lowest BCUT2D eigenvalue weighted by molar-refractivity contribution is 0.100. The van der Waals surface area contributed by atoms with E-state index in [4.69, 9.17) is 16.5 Å². The highest BCUT2D eigenvalue weighted by atomic mass is 16.1. The van der Waals surface area contributed by atoms with Gasteiger partial charge in [0.15, 0.2) is 11.5 Å². The average Bonchev–Trinajstić information content (AvgIpc) is 2.80. The molecular weight excluding hydrogens is 302 g/mol. The van der Waals surface area contributed by atoms with Crippen LogP contribution < -0.4 is 11.5 Å². The summed E-state index contributed by atoms with van der Waals surface area (Å²) in [5, 5.41) is 5.12. The smallest absolute Gasteiger partial charge is 0.248 e. The number of hydrogen-bond acceptors (Lipinski definition) is 4. The molecule has 24 heavy (non-hydrogen) atoms. The quantitative estimate of drug-likeness (QED) is 0.757. The van der Waals surface area contributed by atoms with Crippen LogP contribution in [0.1, 0.15) is 36.8 Å². The molecule has 0 bridgehead atoms. The highest BCUT2D eigenvalue weighted by Crippen LogP contribution is 2.35. The van der Waals surface area contributed by atoms with Crippen molar-refractivity contribution in [2.75, 3.05) is 5.73 Å². The second-order valence-corrected chi connectivity index (χ2v) is 6.95. The van der Waals surface area contributed by atoms with Gasteiger partial charge in [-0.3, -0.25) is 4.79 Å². The van der Waals surface area contributed by atoms with Gasteiger partial charge >= 0.3 is 0 Å². The van der Waals surface area contributed by atoms with E-state index in [2.05, 4.69) is 25.9 Å². The van der Waals surface area contributed by atoms with Crippen molar-refractivity contribution in [3.05, 3.63) is 41.6 Å². The number of nitrogens with zero attached hydrogens (tertiary/aromatic N) is 3. The number of benzene rings is 1. The fourth-order valence-corrected chi connectivity index (χ4v) is 2.70. The maximum atomic E-state index is 11.3. The standard InChI is InChI=1S/C18H21N5O/c1-18(2,3)13-9-12(10-5-7-11(8-6-10)16(20)24)14-15(19)22-23(4)17(14)21-13/h5-9H,1-4H3,(H2,19,22)(H2,20,24). The van der Waals surface area contributed by atoms with Crippen molar-refractivity contribution in [2.24, 2.45) is 12.8 Å². The summed E-state index contributed by atoms with van der Waals surface area (Å²) in [5.74, 6) is -0.00728. The number of nitrogens with two attached hydrogens (primary N) is 2. The highest BCUT2D eigenvalue weighted by Gasteiger charge is 2.21. The van der Waals surface area contributed by atoms with Crippen molar-refractivity contribution in [3.63, 3.8) is 0 Å². The monoisotopic (exact) mass is 323 g/mol. The van der Waals surface area contributed by atoms with Crippen molar-refractivity contribution in [3.8, 4) is 11.1 Å². The third-order valence-electron chi connectivity index (χ3n) is 4.07. The Morgan fingerprint density at radius 3 is 2.33 bits per heavy atom. The molecule has 4 N–H and O–H groups in total. The van der Waals surface area contributed by atoms with E-state index in [0.29, 0.717) is 11.4 Å². The molecule has 3 aromatic rings. The molecule has 2 aromatic heterocycles. The largest absolute Gasteiger partial charge is 0.382 e. The molecule has 0 unspecified atom stereocenters. The Labute approximate surface area is 140 Å². The van der Waals surface area contributed by atoms with Gasteiger partial charge in [-0.1, -0.05) is 32.9 Å². The highest BCUT2D eigenvalue weighted by molar-refractivity contribution is 6.01. The Morgan fingerprint density at radius 2 is 1.79 bits per heavy atom. The van der Waals surface area contributed by atoms with Crippen LogP contribution in [-0.4, -0.2) is 20.7 Å². The van der Waals surface area contributed by atoms with Crippen molar-refractivity contribution in [1.29, 1.82) is 0 Å². The third-order valence-corrected chi connectivity index (χ3v) is 4.07. The van der Waals surface area contributed by atoms with E-state index in [0.717, 1.165) is 27.9 Å². The molecule has 0 aliphatic rings. The number of fused-ring (bicyclic) bond motifs is 1. The van der Waals surface area contributed by atoms with Crippen molar-refractivity contribution in [2.45, 2.75) is 26.2 Å². The molecule has 0 radical (unpaired) electrons. The lowest BCUT2D eigenvalue weighted by Crippen LogP contribution is -2.14. The van der Waals surface area contributed by atoms with Gasteiger partial charge in [0.1, 0.15) is 0 Å². The number of rotatable bonds is 2. The number of carbonyl (C=O) groups is 1. The number of carbonyl (C=O) groups excluding carboxylic acids is 1. The van der Waals surface area contributed by atoms with Gasteiger partial charge in [0.2, 0.25) is 5.91 Å². The topological polar surface area (TPSA) is 99.8 Å². The van der Waals surface area contributed by atoms with Crippen LogP contribution in [0.4, 0.5) is 5.82 Å². The van der Waals surface area contributed by atoms with Gasteiger partial charge in [-0.2, -0.15) is 5.10 Å². The van der Waals surface area contributed by atoms with Crippen LogP contribution in [0.3, 0.4) is 0 Å². The minimum atomic E-state index is -0.447. The number of anilines is 1. The Hall–Kier alpha value is -2.89. The normalized spacial score (nSPS) is 11.8. The molecule has 6 heteroatoms. The minimum Gasteiger partial charge on any atom is -0.382 e. The molecular formula is C18H21N5O. The minimum absolute atomic E-state index is 0.116. The van der Waals surface area contributed by atoms with Gasteiger partial charge in [0.05, 0.1) is 5.39 Å². The molecule has 0 spiro atoms. The molecule has 0 atom stereocenters. The van der Waals surface area contributed by atoms with E-state index in [-0.39, 0.29) is 5.41 Å². The summed E-state index contributed by atoms with van der Waals surface area (Å²) in [6.45, 7) is 6.34. The second kappa shape index (κ2) is 5.33. The summed E-state index contributed by atoms with van der Waals surface area (Å²) >= 11 is 0. The summed E-state index contributed by atoms with van der Waals surface area (Å²) in [6.07, 6.45) is 0. The van der Waals surface area contributed by atoms with Crippen LogP contribution in [0.25, 0.3) is 22.2 Å². The van der Waals surface area contributed by atoms with Gasteiger partial charge in [0.25, 0.3) is 0 Å².